The summed E-state index contributed by atoms with van der Waals surface area (Å²) in [7, 11) is 1.85. The normalized spacial score (nSPS) is 24.3. The zero-order valence-corrected chi connectivity index (χ0v) is 21.6. The standard InChI is InChI=1S/C29H39FN4O2/c1-19(2)32(3)29(36)25-14-22(30)6-9-27(25)34-17-26(24-10-12-31-15-28(24)34)21-4-7-23(8-5-21)33-13-11-20(16-33)18-35/h6,9-10,12,14-15,17,19-21,23,29,35-36H,4-5,7-8,11,13,16,18H2,1-3H3. The van der Waals surface area contributed by atoms with E-state index in [1.165, 1.54) is 35.9 Å². The van der Waals surface area contributed by atoms with Gasteiger partial charge in [-0.05, 0) is 101 Å². The molecule has 6 nitrogen and oxygen atoms in total. The number of hydrogen-bond donors (Lipinski definition) is 2. The highest BCUT2D eigenvalue weighted by Gasteiger charge is 2.32. The lowest BCUT2D eigenvalue weighted by atomic mass is 9.81. The minimum atomic E-state index is -0.924. The number of aliphatic hydroxyl groups excluding tert-OH is 2. The first-order valence-corrected chi connectivity index (χ1v) is 13.4. The first-order valence-electron chi connectivity index (χ1n) is 13.4. The molecular weight excluding hydrogens is 455 g/mol. The maximum atomic E-state index is 14.3. The Bertz CT molecular complexity index is 1190. The fourth-order valence-electron chi connectivity index (χ4n) is 6.17. The summed E-state index contributed by atoms with van der Waals surface area (Å²) in [4.78, 5) is 8.82. The first kappa shape index (κ1) is 25.3. The van der Waals surface area contributed by atoms with E-state index in [-0.39, 0.29) is 11.9 Å². The number of likely N-dealkylation sites (tertiary alicyclic amines) is 1. The molecule has 36 heavy (non-hydrogen) atoms. The van der Waals surface area contributed by atoms with Gasteiger partial charge in [-0.1, -0.05) is 0 Å². The van der Waals surface area contributed by atoms with Crippen molar-refractivity contribution in [3.63, 3.8) is 0 Å². The lowest BCUT2D eigenvalue weighted by Crippen LogP contribution is -2.36. The summed E-state index contributed by atoms with van der Waals surface area (Å²) in [5.74, 6) is 0.530. The summed E-state index contributed by atoms with van der Waals surface area (Å²) >= 11 is 0. The summed E-state index contributed by atoms with van der Waals surface area (Å²) < 4.78 is 16.4. The Morgan fingerprint density at radius 1 is 1.14 bits per heavy atom. The van der Waals surface area contributed by atoms with Crippen LogP contribution in [-0.2, 0) is 0 Å². The Labute approximate surface area is 213 Å². The van der Waals surface area contributed by atoms with Gasteiger partial charge in [0.15, 0.2) is 0 Å². The minimum Gasteiger partial charge on any atom is -0.396 e. The van der Waals surface area contributed by atoms with Gasteiger partial charge in [0.2, 0.25) is 0 Å². The van der Waals surface area contributed by atoms with E-state index in [4.69, 9.17) is 0 Å². The maximum Gasteiger partial charge on any atom is 0.135 e. The maximum absolute atomic E-state index is 14.3. The van der Waals surface area contributed by atoms with Gasteiger partial charge in [-0.2, -0.15) is 0 Å². The average molecular weight is 495 g/mol. The van der Waals surface area contributed by atoms with Crippen LogP contribution in [0.1, 0.15) is 69.2 Å². The summed E-state index contributed by atoms with van der Waals surface area (Å²) in [6.07, 6.45) is 10.7. The van der Waals surface area contributed by atoms with Crippen molar-refractivity contribution < 1.29 is 14.6 Å². The van der Waals surface area contributed by atoms with Crippen molar-refractivity contribution in [2.75, 3.05) is 26.7 Å². The van der Waals surface area contributed by atoms with E-state index < -0.39 is 6.23 Å². The predicted octanol–water partition coefficient (Wildman–Crippen LogP) is 4.84. The SMILES string of the molecule is CC(C)N(C)C(O)c1cc(F)ccc1-n1cc(C2CCC(N3CCC(CO)C3)CC2)c2ccncc21. The van der Waals surface area contributed by atoms with Crippen molar-refractivity contribution in [1.29, 1.82) is 0 Å². The molecule has 194 valence electrons. The minimum absolute atomic E-state index is 0.105. The summed E-state index contributed by atoms with van der Waals surface area (Å²) in [5, 5.41) is 21.8. The van der Waals surface area contributed by atoms with Crippen molar-refractivity contribution in [3.05, 3.63) is 59.8 Å². The smallest absolute Gasteiger partial charge is 0.135 e. The van der Waals surface area contributed by atoms with Crippen LogP contribution in [0.15, 0.2) is 42.9 Å². The van der Waals surface area contributed by atoms with E-state index in [1.54, 1.807) is 6.07 Å². The zero-order valence-electron chi connectivity index (χ0n) is 21.6. The fourth-order valence-corrected chi connectivity index (χ4v) is 6.17. The second-order valence-electron chi connectivity index (χ2n) is 11.0. The monoisotopic (exact) mass is 494 g/mol. The fraction of sp³-hybridized carbons (Fsp3) is 0.552. The highest BCUT2D eigenvalue weighted by Crippen LogP contribution is 2.41. The molecule has 1 aliphatic carbocycles. The second-order valence-corrected chi connectivity index (χ2v) is 11.0. The zero-order chi connectivity index (χ0) is 25.4. The molecule has 5 rings (SSSR count). The molecule has 2 atom stereocenters. The van der Waals surface area contributed by atoms with E-state index in [1.807, 2.05) is 38.2 Å². The molecule has 2 aliphatic rings. The number of aliphatic hydroxyl groups is 2. The summed E-state index contributed by atoms with van der Waals surface area (Å²) in [5.41, 5.74) is 3.62. The molecule has 2 N–H and O–H groups in total. The van der Waals surface area contributed by atoms with Crippen LogP contribution in [0.2, 0.25) is 0 Å². The van der Waals surface area contributed by atoms with Crippen LogP contribution in [0.3, 0.4) is 0 Å². The third-order valence-electron chi connectivity index (χ3n) is 8.59. The van der Waals surface area contributed by atoms with Gasteiger partial charge in [0.25, 0.3) is 0 Å². The van der Waals surface area contributed by atoms with Crippen molar-refractivity contribution in [3.8, 4) is 5.69 Å². The van der Waals surface area contributed by atoms with Gasteiger partial charge in [-0.15, -0.1) is 0 Å². The highest BCUT2D eigenvalue weighted by atomic mass is 19.1. The van der Waals surface area contributed by atoms with Crippen molar-refractivity contribution >= 4 is 10.9 Å². The van der Waals surface area contributed by atoms with E-state index in [0.29, 0.717) is 30.0 Å². The van der Waals surface area contributed by atoms with Crippen LogP contribution >= 0.6 is 0 Å². The number of hydrogen-bond acceptors (Lipinski definition) is 5. The lowest BCUT2D eigenvalue weighted by molar-refractivity contribution is 0.000853. The highest BCUT2D eigenvalue weighted by molar-refractivity contribution is 5.85. The molecule has 2 unspecified atom stereocenters. The van der Waals surface area contributed by atoms with Crippen LogP contribution in [0.4, 0.5) is 4.39 Å². The molecule has 7 heteroatoms. The molecule has 0 spiro atoms. The summed E-state index contributed by atoms with van der Waals surface area (Å²) in [6, 6.07) is 7.47. The van der Waals surface area contributed by atoms with Crippen molar-refractivity contribution in [2.24, 2.45) is 5.92 Å². The van der Waals surface area contributed by atoms with Crippen LogP contribution in [0.5, 0.6) is 0 Å². The quantitative estimate of drug-likeness (QED) is 0.461. The Balaban J connectivity index is 1.45. The van der Waals surface area contributed by atoms with E-state index >= 15 is 0 Å². The molecule has 1 saturated carbocycles. The van der Waals surface area contributed by atoms with Gasteiger partial charge >= 0.3 is 0 Å². The predicted molar refractivity (Wildman–Crippen MR) is 141 cm³/mol. The van der Waals surface area contributed by atoms with Gasteiger partial charge in [-0.25, -0.2) is 4.39 Å². The van der Waals surface area contributed by atoms with Gasteiger partial charge in [-0.3, -0.25) is 9.88 Å². The lowest BCUT2D eigenvalue weighted by Gasteiger charge is -2.34. The van der Waals surface area contributed by atoms with Gasteiger partial charge in [0, 0.05) is 48.6 Å². The average Bonchev–Trinajstić information content (AvgIpc) is 3.53. The Morgan fingerprint density at radius 3 is 2.61 bits per heavy atom. The van der Waals surface area contributed by atoms with Crippen molar-refractivity contribution in [1.82, 2.24) is 19.4 Å². The molecule has 3 heterocycles. The molecule has 1 aliphatic heterocycles. The van der Waals surface area contributed by atoms with Gasteiger partial charge < -0.3 is 19.7 Å². The molecular formula is C29H39FN4O2. The second kappa shape index (κ2) is 10.6. The first-order chi connectivity index (χ1) is 17.4. The largest absolute Gasteiger partial charge is 0.396 e. The Hall–Kier alpha value is -2.32. The van der Waals surface area contributed by atoms with Gasteiger partial charge in [0.1, 0.15) is 12.0 Å². The molecule has 3 aromatic rings. The topological polar surface area (TPSA) is 64.8 Å². The Kier molecular flexibility index (Phi) is 7.45. The number of fused-ring (bicyclic) bond motifs is 1. The van der Waals surface area contributed by atoms with Crippen LogP contribution < -0.4 is 0 Å². The number of halogens is 1. The summed E-state index contributed by atoms with van der Waals surface area (Å²) in [6.45, 7) is 6.45. The van der Waals surface area contributed by atoms with Crippen LogP contribution in [0, 0.1) is 11.7 Å². The number of benzene rings is 1. The number of rotatable bonds is 7. The third kappa shape index (κ3) is 4.82. The molecule has 1 aromatic carbocycles. The molecule has 2 aromatic heterocycles. The van der Waals surface area contributed by atoms with E-state index in [2.05, 4.69) is 26.7 Å². The molecule has 2 fully saturated rings. The third-order valence-corrected chi connectivity index (χ3v) is 8.59. The molecule has 0 radical (unpaired) electrons. The molecule has 0 bridgehead atoms. The van der Waals surface area contributed by atoms with Crippen molar-refractivity contribution in [2.45, 2.75) is 70.2 Å². The number of aromatic nitrogens is 2. The van der Waals surface area contributed by atoms with Crippen LogP contribution in [0.25, 0.3) is 16.6 Å². The number of nitrogens with zero attached hydrogens (tertiary/aromatic N) is 4. The van der Waals surface area contributed by atoms with E-state index in [9.17, 15) is 14.6 Å². The number of pyridine rings is 1. The van der Waals surface area contributed by atoms with Gasteiger partial charge in [0.05, 0.1) is 17.4 Å². The Morgan fingerprint density at radius 2 is 1.92 bits per heavy atom. The molecule has 1 saturated heterocycles. The van der Waals surface area contributed by atoms with E-state index in [0.717, 1.165) is 43.6 Å². The molecule has 0 amide bonds. The van der Waals surface area contributed by atoms with Crippen LogP contribution in [-0.4, -0.2) is 68.4 Å².